The number of phenolic OH excluding ortho intramolecular Hbond substituents is 1. The number of nitro groups is 1. The average Bonchev–Trinajstić information content (AvgIpc) is 2.48. The molecule has 21 heavy (non-hydrogen) atoms. The van der Waals surface area contributed by atoms with Crippen LogP contribution in [0.1, 0.15) is 10.4 Å². The molecule has 0 aliphatic carbocycles. The SMILES string of the molecule is CNC(=O)c1ccc([N+](=O)[O-])c(Sc2ccccc2O)c1. The van der Waals surface area contributed by atoms with Crippen molar-refractivity contribution in [2.45, 2.75) is 9.79 Å². The predicted octanol–water partition coefficient (Wildman–Crippen LogP) is 2.81. The van der Waals surface area contributed by atoms with E-state index in [4.69, 9.17) is 0 Å². The first-order valence-electron chi connectivity index (χ1n) is 5.99. The van der Waals surface area contributed by atoms with Gasteiger partial charge in [-0.15, -0.1) is 0 Å². The number of nitrogens with zero attached hydrogens (tertiary/aromatic N) is 1. The number of phenols is 1. The summed E-state index contributed by atoms with van der Waals surface area (Å²) in [5, 5.41) is 23.3. The van der Waals surface area contributed by atoms with Gasteiger partial charge in [0.05, 0.1) is 14.7 Å². The first-order chi connectivity index (χ1) is 10.0. The van der Waals surface area contributed by atoms with Crippen molar-refractivity contribution in [3.63, 3.8) is 0 Å². The highest BCUT2D eigenvalue weighted by Crippen LogP contribution is 2.39. The molecule has 7 heteroatoms. The maximum absolute atomic E-state index is 11.6. The van der Waals surface area contributed by atoms with E-state index in [1.807, 2.05) is 0 Å². The first kappa shape index (κ1) is 14.9. The number of carbonyl (C=O) groups excluding carboxylic acids is 1. The highest BCUT2D eigenvalue weighted by molar-refractivity contribution is 7.99. The Morgan fingerprint density at radius 2 is 1.95 bits per heavy atom. The van der Waals surface area contributed by atoms with Gasteiger partial charge in [-0.25, -0.2) is 0 Å². The quantitative estimate of drug-likeness (QED) is 0.669. The minimum atomic E-state index is -0.518. The van der Waals surface area contributed by atoms with E-state index in [0.29, 0.717) is 15.4 Å². The smallest absolute Gasteiger partial charge is 0.283 e. The zero-order valence-electron chi connectivity index (χ0n) is 11.1. The molecule has 0 aromatic heterocycles. The van der Waals surface area contributed by atoms with Gasteiger partial charge in [0.25, 0.3) is 11.6 Å². The lowest BCUT2D eigenvalue weighted by Gasteiger charge is -2.07. The molecule has 0 heterocycles. The molecule has 0 bridgehead atoms. The summed E-state index contributed by atoms with van der Waals surface area (Å²) in [4.78, 5) is 23.0. The van der Waals surface area contributed by atoms with Gasteiger partial charge in [0.1, 0.15) is 5.75 Å². The molecular formula is C14H12N2O4S. The summed E-state index contributed by atoms with van der Waals surface area (Å²) in [7, 11) is 1.49. The number of nitro benzene ring substituents is 1. The van der Waals surface area contributed by atoms with Crippen molar-refractivity contribution < 1.29 is 14.8 Å². The Morgan fingerprint density at radius 1 is 1.24 bits per heavy atom. The maximum atomic E-state index is 11.6. The molecular weight excluding hydrogens is 292 g/mol. The molecule has 0 atom stereocenters. The molecule has 108 valence electrons. The number of nitrogens with one attached hydrogen (secondary N) is 1. The van der Waals surface area contributed by atoms with Crippen LogP contribution in [0, 0.1) is 10.1 Å². The standard InChI is InChI=1S/C14H12N2O4S/c1-15-14(18)9-6-7-10(16(19)20)13(8-9)21-12-5-3-2-4-11(12)17/h2-8,17H,1H3,(H,15,18). The molecule has 2 N–H and O–H groups in total. The van der Waals surface area contributed by atoms with Crippen molar-refractivity contribution in [2.75, 3.05) is 7.05 Å². The summed E-state index contributed by atoms with van der Waals surface area (Å²) >= 11 is 1.04. The normalized spacial score (nSPS) is 10.1. The number of para-hydroxylation sites is 1. The van der Waals surface area contributed by atoms with Gasteiger partial charge < -0.3 is 10.4 Å². The van der Waals surface area contributed by atoms with Crippen LogP contribution in [0.15, 0.2) is 52.3 Å². The second-order valence-corrected chi connectivity index (χ2v) is 5.17. The summed E-state index contributed by atoms with van der Waals surface area (Å²) in [6, 6.07) is 10.6. The molecule has 2 aromatic carbocycles. The van der Waals surface area contributed by atoms with Gasteiger partial charge in [0, 0.05) is 18.7 Å². The van der Waals surface area contributed by atoms with Crippen LogP contribution < -0.4 is 5.32 Å². The Hall–Kier alpha value is -2.54. The number of benzene rings is 2. The fraction of sp³-hybridized carbons (Fsp3) is 0.0714. The fourth-order valence-electron chi connectivity index (χ4n) is 1.69. The molecule has 2 rings (SSSR count). The van der Waals surface area contributed by atoms with Crippen LogP contribution in [0.4, 0.5) is 5.69 Å². The van der Waals surface area contributed by atoms with Crippen molar-refractivity contribution in [1.29, 1.82) is 0 Å². The molecule has 0 aliphatic rings. The zero-order chi connectivity index (χ0) is 15.4. The fourth-order valence-corrected chi connectivity index (χ4v) is 2.68. The number of amides is 1. The molecule has 0 spiro atoms. The Kier molecular flexibility index (Phi) is 4.44. The van der Waals surface area contributed by atoms with Crippen molar-refractivity contribution in [3.8, 4) is 5.75 Å². The minimum absolute atomic E-state index is 0.0298. The third-order valence-electron chi connectivity index (χ3n) is 2.73. The number of hydrogen-bond donors (Lipinski definition) is 2. The van der Waals surface area contributed by atoms with E-state index >= 15 is 0 Å². The Balaban J connectivity index is 2.46. The van der Waals surface area contributed by atoms with Gasteiger partial charge in [-0.3, -0.25) is 14.9 Å². The molecule has 0 unspecified atom stereocenters. The third-order valence-corrected chi connectivity index (χ3v) is 3.84. The Morgan fingerprint density at radius 3 is 2.57 bits per heavy atom. The second kappa shape index (κ2) is 6.27. The molecule has 0 saturated heterocycles. The van der Waals surface area contributed by atoms with E-state index in [-0.39, 0.29) is 17.3 Å². The average molecular weight is 304 g/mol. The maximum Gasteiger partial charge on any atom is 0.283 e. The lowest BCUT2D eigenvalue weighted by Crippen LogP contribution is -2.17. The van der Waals surface area contributed by atoms with Crippen molar-refractivity contribution in [3.05, 3.63) is 58.1 Å². The van der Waals surface area contributed by atoms with Gasteiger partial charge >= 0.3 is 0 Å². The van der Waals surface area contributed by atoms with Gasteiger partial charge in [0.15, 0.2) is 0 Å². The van der Waals surface area contributed by atoms with Crippen LogP contribution in [0.25, 0.3) is 0 Å². The number of rotatable bonds is 4. The molecule has 2 aromatic rings. The summed E-state index contributed by atoms with van der Waals surface area (Å²) in [6.07, 6.45) is 0. The molecule has 0 aliphatic heterocycles. The zero-order valence-corrected chi connectivity index (χ0v) is 11.9. The highest BCUT2D eigenvalue weighted by atomic mass is 32.2. The third kappa shape index (κ3) is 3.32. The van der Waals surface area contributed by atoms with Gasteiger partial charge in [0.2, 0.25) is 0 Å². The number of hydrogen-bond acceptors (Lipinski definition) is 5. The lowest BCUT2D eigenvalue weighted by molar-refractivity contribution is -0.387. The van der Waals surface area contributed by atoms with E-state index < -0.39 is 4.92 Å². The van der Waals surface area contributed by atoms with E-state index in [1.54, 1.807) is 18.2 Å². The van der Waals surface area contributed by atoms with Crippen molar-refractivity contribution in [1.82, 2.24) is 5.32 Å². The van der Waals surface area contributed by atoms with Gasteiger partial charge in [-0.2, -0.15) is 0 Å². The van der Waals surface area contributed by atoms with Crippen LogP contribution in [0.5, 0.6) is 5.75 Å². The van der Waals surface area contributed by atoms with Crippen LogP contribution in [0.3, 0.4) is 0 Å². The molecule has 1 amide bonds. The molecule has 6 nitrogen and oxygen atoms in total. The topological polar surface area (TPSA) is 92.5 Å². The van der Waals surface area contributed by atoms with Crippen molar-refractivity contribution in [2.24, 2.45) is 0 Å². The monoisotopic (exact) mass is 304 g/mol. The van der Waals surface area contributed by atoms with E-state index in [2.05, 4.69) is 5.32 Å². The van der Waals surface area contributed by atoms with Gasteiger partial charge in [-0.1, -0.05) is 23.9 Å². The van der Waals surface area contributed by atoms with Gasteiger partial charge in [-0.05, 0) is 24.3 Å². The van der Waals surface area contributed by atoms with E-state index in [1.165, 1.54) is 31.3 Å². The summed E-state index contributed by atoms with van der Waals surface area (Å²) < 4.78 is 0. The summed E-state index contributed by atoms with van der Waals surface area (Å²) in [5.41, 5.74) is 0.205. The molecule has 0 saturated carbocycles. The molecule has 0 fully saturated rings. The predicted molar refractivity (Wildman–Crippen MR) is 78.7 cm³/mol. The van der Waals surface area contributed by atoms with E-state index in [0.717, 1.165) is 11.8 Å². The molecule has 0 radical (unpaired) electrons. The number of carbonyl (C=O) groups is 1. The highest BCUT2D eigenvalue weighted by Gasteiger charge is 2.18. The summed E-state index contributed by atoms with van der Waals surface area (Å²) in [5.74, 6) is -0.300. The van der Waals surface area contributed by atoms with Crippen LogP contribution in [-0.4, -0.2) is 23.0 Å². The first-order valence-corrected chi connectivity index (χ1v) is 6.81. The second-order valence-electron chi connectivity index (χ2n) is 4.09. The van der Waals surface area contributed by atoms with Crippen LogP contribution in [0.2, 0.25) is 0 Å². The van der Waals surface area contributed by atoms with Crippen LogP contribution >= 0.6 is 11.8 Å². The summed E-state index contributed by atoms with van der Waals surface area (Å²) in [6.45, 7) is 0. The largest absolute Gasteiger partial charge is 0.507 e. The Labute approximate surface area is 125 Å². The van der Waals surface area contributed by atoms with E-state index in [9.17, 15) is 20.0 Å². The lowest BCUT2D eigenvalue weighted by atomic mass is 10.2. The minimum Gasteiger partial charge on any atom is -0.507 e. The van der Waals surface area contributed by atoms with Crippen LogP contribution in [-0.2, 0) is 0 Å². The number of aromatic hydroxyl groups is 1. The Bertz CT molecular complexity index is 703. The van der Waals surface area contributed by atoms with Crippen molar-refractivity contribution >= 4 is 23.4 Å².